The second-order valence-electron chi connectivity index (χ2n) is 5.71. The van der Waals surface area contributed by atoms with Crippen LogP contribution in [0.3, 0.4) is 0 Å². The number of hydrogen-bond donors (Lipinski definition) is 2. The van der Waals surface area contributed by atoms with Gasteiger partial charge >= 0.3 is 11.9 Å². The highest BCUT2D eigenvalue weighted by molar-refractivity contribution is 5.89. The van der Waals surface area contributed by atoms with Crippen molar-refractivity contribution in [3.05, 3.63) is 29.8 Å². The number of ether oxygens (including phenoxy) is 3. The summed E-state index contributed by atoms with van der Waals surface area (Å²) in [5.41, 5.74) is 6.66. The summed E-state index contributed by atoms with van der Waals surface area (Å²) in [7, 11) is 1.58. The van der Waals surface area contributed by atoms with Gasteiger partial charge in [-0.05, 0) is 50.0 Å². The smallest absolute Gasteiger partial charge is 0.339 e. The number of carbonyl (C=O) groups excluding carboxylic acids is 2. The minimum absolute atomic E-state index is 0.0295. The van der Waals surface area contributed by atoms with Crippen molar-refractivity contribution < 1.29 is 23.8 Å². The lowest BCUT2D eigenvalue weighted by Gasteiger charge is -2.22. The van der Waals surface area contributed by atoms with E-state index >= 15 is 0 Å². The molecule has 132 valence electrons. The van der Waals surface area contributed by atoms with Gasteiger partial charge in [0.15, 0.2) is 0 Å². The zero-order chi connectivity index (χ0) is 17.4. The van der Waals surface area contributed by atoms with Crippen LogP contribution in [0.25, 0.3) is 0 Å². The number of methoxy groups -OCH3 is 1. The molecule has 1 aromatic carbocycles. The Balaban J connectivity index is 1.72. The predicted octanol–water partition coefficient (Wildman–Crippen LogP) is 0.403. The Morgan fingerprint density at radius 3 is 2.54 bits per heavy atom. The predicted molar refractivity (Wildman–Crippen MR) is 87.6 cm³/mol. The van der Waals surface area contributed by atoms with Crippen molar-refractivity contribution in [3.63, 3.8) is 0 Å². The van der Waals surface area contributed by atoms with Gasteiger partial charge in [0, 0.05) is 0 Å². The summed E-state index contributed by atoms with van der Waals surface area (Å²) in [5, 5.41) is 3.21. The molecule has 1 heterocycles. The Kier molecular flexibility index (Phi) is 7.17. The molecule has 0 amide bonds. The highest BCUT2D eigenvalue weighted by Crippen LogP contribution is 2.13. The van der Waals surface area contributed by atoms with Gasteiger partial charge in [-0.1, -0.05) is 12.1 Å². The monoisotopic (exact) mass is 336 g/mol. The molecule has 24 heavy (non-hydrogen) atoms. The van der Waals surface area contributed by atoms with Crippen LogP contribution in [-0.2, 0) is 25.5 Å². The van der Waals surface area contributed by atoms with Crippen molar-refractivity contribution in [1.82, 2.24) is 5.32 Å². The number of piperidine rings is 1. The Bertz CT molecular complexity index is 540. The van der Waals surface area contributed by atoms with Gasteiger partial charge in [-0.15, -0.1) is 0 Å². The minimum Gasteiger partial charge on any atom is -0.497 e. The number of benzene rings is 1. The molecule has 1 aliphatic rings. The van der Waals surface area contributed by atoms with Gasteiger partial charge in [-0.3, -0.25) is 0 Å². The van der Waals surface area contributed by atoms with Crippen molar-refractivity contribution >= 4 is 11.9 Å². The fourth-order valence-electron chi connectivity index (χ4n) is 2.46. The third-order valence-corrected chi connectivity index (χ3v) is 3.85. The molecule has 7 heteroatoms. The van der Waals surface area contributed by atoms with Gasteiger partial charge in [-0.25, -0.2) is 9.59 Å². The summed E-state index contributed by atoms with van der Waals surface area (Å²) >= 11 is 0. The Morgan fingerprint density at radius 2 is 1.92 bits per heavy atom. The summed E-state index contributed by atoms with van der Waals surface area (Å²) in [5.74, 6) is -0.728. The number of esters is 2. The first-order valence-corrected chi connectivity index (χ1v) is 8.04. The van der Waals surface area contributed by atoms with Crippen LogP contribution >= 0.6 is 0 Å². The molecule has 1 aromatic rings. The summed E-state index contributed by atoms with van der Waals surface area (Å²) < 4.78 is 15.3. The van der Waals surface area contributed by atoms with E-state index in [1.54, 1.807) is 19.2 Å². The van der Waals surface area contributed by atoms with Crippen molar-refractivity contribution in [3.8, 4) is 5.75 Å². The quantitative estimate of drug-likeness (QED) is 0.549. The van der Waals surface area contributed by atoms with E-state index in [2.05, 4.69) is 5.32 Å². The Labute approximate surface area is 141 Å². The molecule has 0 saturated carbocycles. The highest BCUT2D eigenvalue weighted by Gasteiger charge is 2.21. The van der Waals surface area contributed by atoms with E-state index in [-0.39, 0.29) is 19.1 Å². The number of hydrogen-bond acceptors (Lipinski definition) is 7. The second kappa shape index (κ2) is 9.36. The molecule has 1 saturated heterocycles. The van der Waals surface area contributed by atoms with Crippen molar-refractivity contribution in [1.29, 1.82) is 0 Å². The molecule has 7 nitrogen and oxygen atoms in total. The largest absolute Gasteiger partial charge is 0.497 e. The highest BCUT2D eigenvalue weighted by atomic mass is 16.6. The second-order valence-corrected chi connectivity index (χ2v) is 5.71. The van der Waals surface area contributed by atoms with Crippen LogP contribution in [0.1, 0.15) is 18.4 Å². The molecule has 0 radical (unpaired) electrons. The summed E-state index contributed by atoms with van der Waals surface area (Å²) in [6.07, 6.45) is 2.00. The zero-order valence-electron chi connectivity index (χ0n) is 13.8. The van der Waals surface area contributed by atoms with Crippen LogP contribution in [0.4, 0.5) is 0 Å². The molecule has 1 fully saturated rings. The lowest BCUT2D eigenvalue weighted by molar-refractivity contribution is -0.165. The maximum Gasteiger partial charge on any atom is 0.339 e. The average Bonchev–Trinajstić information content (AvgIpc) is 2.61. The number of nitrogens with one attached hydrogen (secondary N) is 1. The molecule has 1 unspecified atom stereocenters. The normalized spacial score (nSPS) is 16.4. The van der Waals surface area contributed by atoms with Gasteiger partial charge in [0.25, 0.3) is 0 Å². The van der Waals surface area contributed by atoms with Crippen LogP contribution in [-0.4, -0.2) is 50.9 Å². The molecule has 1 aliphatic heterocycles. The van der Waals surface area contributed by atoms with E-state index in [1.165, 1.54) is 0 Å². The summed E-state index contributed by atoms with van der Waals surface area (Å²) in [6, 6.07) is 6.29. The third-order valence-electron chi connectivity index (χ3n) is 3.85. The van der Waals surface area contributed by atoms with Crippen LogP contribution in [0, 0.1) is 0 Å². The van der Waals surface area contributed by atoms with E-state index in [4.69, 9.17) is 19.9 Å². The molecular weight excluding hydrogens is 312 g/mol. The molecule has 2 rings (SSSR count). The third kappa shape index (κ3) is 5.92. The van der Waals surface area contributed by atoms with Gasteiger partial charge in [-0.2, -0.15) is 0 Å². The molecular formula is C17H24N2O5. The van der Waals surface area contributed by atoms with Crippen LogP contribution in [0.2, 0.25) is 0 Å². The molecule has 0 bridgehead atoms. The number of rotatable bonds is 7. The maximum atomic E-state index is 11.9. The fraction of sp³-hybridized carbons (Fsp3) is 0.529. The molecule has 0 aliphatic carbocycles. The molecule has 3 N–H and O–H groups in total. The van der Waals surface area contributed by atoms with E-state index in [1.807, 2.05) is 12.1 Å². The number of carbonyl (C=O) groups is 2. The standard InChI is InChI=1S/C17H24N2O5/c1-22-13-4-2-12(3-5-13)10-15(18)17(21)24-16(20)11-23-14-6-8-19-9-7-14/h2-5,14-15,19H,6-11,18H2,1H3. The topological polar surface area (TPSA) is 99.9 Å². The van der Waals surface area contributed by atoms with Gasteiger partial charge in [0.2, 0.25) is 0 Å². The minimum atomic E-state index is -0.902. The van der Waals surface area contributed by atoms with E-state index in [0.29, 0.717) is 0 Å². The molecule has 0 aromatic heterocycles. The average molecular weight is 336 g/mol. The van der Waals surface area contributed by atoms with Gasteiger partial charge in [0.05, 0.1) is 13.2 Å². The van der Waals surface area contributed by atoms with Crippen molar-refractivity contribution in [2.45, 2.75) is 31.4 Å². The summed E-state index contributed by atoms with van der Waals surface area (Å²) in [6.45, 7) is 1.50. The molecule has 1 atom stereocenters. The van der Waals surface area contributed by atoms with Crippen molar-refractivity contribution in [2.75, 3.05) is 26.8 Å². The lowest BCUT2D eigenvalue weighted by atomic mass is 10.1. The molecule has 0 spiro atoms. The van der Waals surface area contributed by atoms with E-state index < -0.39 is 18.0 Å². The summed E-state index contributed by atoms with van der Waals surface area (Å²) in [4.78, 5) is 23.6. The Hall–Kier alpha value is -1.96. The van der Waals surface area contributed by atoms with Crippen LogP contribution in [0.5, 0.6) is 5.75 Å². The van der Waals surface area contributed by atoms with E-state index in [0.717, 1.165) is 37.2 Å². The first-order valence-electron chi connectivity index (χ1n) is 8.04. The van der Waals surface area contributed by atoms with Gasteiger partial charge in [0.1, 0.15) is 18.4 Å². The first-order chi connectivity index (χ1) is 11.6. The van der Waals surface area contributed by atoms with Crippen LogP contribution < -0.4 is 15.8 Å². The lowest BCUT2D eigenvalue weighted by Crippen LogP contribution is -2.37. The van der Waals surface area contributed by atoms with Gasteiger partial charge < -0.3 is 25.3 Å². The van der Waals surface area contributed by atoms with E-state index in [9.17, 15) is 9.59 Å². The van der Waals surface area contributed by atoms with Crippen LogP contribution in [0.15, 0.2) is 24.3 Å². The van der Waals surface area contributed by atoms with Crippen molar-refractivity contribution in [2.24, 2.45) is 5.73 Å². The maximum absolute atomic E-state index is 11.9. The fourth-order valence-corrected chi connectivity index (χ4v) is 2.46. The first kappa shape index (κ1) is 18.4. The number of nitrogens with two attached hydrogens (primary N) is 1. The SMILES string of the molecule is COc1ccc(CC(N)C(=O)OC(=O)COC2CCNCC2)cc1. The zero-order valence-corrected chi connectivity index (χ0v) is 13.8. The Morgan fingerprint density at radius 1 is 1.25 bits per heavy atom.